The van der Waals surface area contributed by atoms with Crippen molar-refractivity contribution in [2.45, 2.75) is 32.5 Å². The van der Waals surface area contributed by atoms with Gasteiger partial charge in [0, 0.05) is 5.41 Å². The van der Waals surface area contributed by atoms with E-state index in [1.165, 1.54) is 5.56 Å². The van der Waals surface area contributed by atoms with Crippen LogP contribution < -0.4 is 0 Å². The number of nitrogens with zero attached hydrogens (tertiary/aromatic N) is 1. The monoisotopic (exact) mass is 201 g/mol. The lowest BCUT2D eigenvalue weighted by Gasteiger charge is -2.17. The highest BCUT2D eigenvalue weighted by Gasteiger charge is 2.42. The molecule has 1 heterocycles. The van der Waals surface area contributed by atoms with E-state index in [9.17, 15) is 0 Å². The Morgan fingerprint density at radius 2 is 2.00 bits per heavy atom. The van der Waals surface area contributed by atoms with E-state index in [0.29, 0.717) is 0 Å². The molecule has 1 aromatic carbocycles. The summed E-state index contributed by atoms with van der Waals surface area (Å²) in [6.07, 6.45) is 0.698. The van der Waals surface area contributed by atoms with E-state index in [0.717, 1.165) is 6.42 Å². The highest BCUT2D eigenvalue weighted by Crippen LogP contribution is 2.44. The fourth-order valence-electron chi connectivity index (χ4n) is 2.05. The molecule has 1 aromatic rings. The fraction of sp³-hybridized carbons (Fsp3) is 0.462. The van der Waals surface area contributed by atoms with Gasteiger partial charge in [-0.15, -0.1) is 0 Å². The predicted octanol–water partition coefficient (Wildman–Crippen LogP) is 3.07. The van der Waals surface area contributed by atoms with Gasteiger partial charge in [-0.25, -0.2) is 0 Å². The molecule has 1 aliphatic rings. The van der Waals surface area contributed by atoms with Gasteiger partial charge in [0.05, 0.1) is 12.2 Å². The van der Waals surface area contributed by atoms with E-state index < -0.39 is 0 Å². The van der Waals surface area contributed by atoms with Gasteiger partial charge in [-0.1, -0.05) is 44.2 Å². The van der Waals surface area contributed by atoms with Crippen molar-refractivity contribution in [2.24, 2.45) is 5.41 Å². The van der Waals surface area contributed by atoms with Crippen molar-refractivity contribution >= 4 is 0 Å². The quantitative estimate of drug-likeness (QED) is 0.699. The number of nitriles is 1. The van der Waals surface area contributed by atoms with Crippen LogP contribution in [0.2, 0.25) is 0 Å². The van der Waals surface area contributed by atoms with Crippen LogP contribution in [0.3, 0.4) is 0 Å². The number of hydrogen-bond donors (Lipinski definition) is 0. The summed E-state index contributed by atoms with van der Waals surface area (Å²) in [5.74, 6) is 0. The Morgan fingerprint density at radius 1 is 1.33 bits per heavy atom. The van der Waals surface area contributed by atoms with Crippen LogP contribution in [0.15, 0.2) is 30.3 Å². The first-order valence-electron chi connectivity index (χ1n) is 5.23. The Labute approximate surface area is 90.5 Å². The Kier molecular flexibility index (Phi) is 2.50. The highest BCUT2D eigenvalue weighted by atomic mass is 16.5. The molecule has 0 saturated carbocycles. The summed E-state index contributed by atoms with van der Waals surface area (Å²) >= 11 is 0. The summed E-state index contributed by atoms with van der Waals surface area (Å²) in [5, 5.41) is 8.99. The van der Waals surface area contributed by atoms with E-state index in [-0.39, 0.29) is 17.6 Å². The summed E-state index contributed by atoms with van der Waals surface area (Å²) in [6.45, 7) is 4.17. The third kappa shape index (κ3) is 1.88. The van der Waals surface area contributed by atoms with Gasteiger partial charge in [0.25, 0.3) is 0 Å². The van der Waals surface area contributed by atoms with E-state index in [2.05, 4.69) is 32.0 Å². The maximum atomic E-state index is 8.99. The summed E-state index contributed by atoms with van der Waals surface area (Å²) in [7, 11) is 0. The molecule has 2 nitrogen and oxygen atoms in total. The average molecular weight is 201 g/mol. The van der Waals surface area contributed by atoms with Crippen LogP contribution in [-0.4, -0.2) is 6.10 Å². The van der Waals surface area contributed by atoms with Gasteiger partial charge < -0.3 is 4.74 Å². The molecule has 15 heavy (non-hydrogen) atoms. The molecule has 0 unspecified atom stereocenters. The zero-order chi connectivity index (χ0) is 10.9. The summed E-state index contributed by atoms with van der Waals surface area (Å²) in [6, 6.07) is 12.3. The third-order valence-corrected chi connectivity index (χ3v) is 3.01. The van der Waals surface area contributed by atoms with Crippen LogP contribution in [0.5, 0.6) is 0 Å². The molecule has 0 aromatic heterocycles. The van der Waals surface area contributed by atoms with Crippen molar-refractivity contribution in [3.8, 4) is 6.07 Å². The van der Waals surface area contributed by atoms with Crippen molar-refractivity contribution in [3.05, 3.63) is 35.9 Å². The van der Waals surface area contributed by atoms with E-state index in [4.69, 9.17) is 10.00 Å². The largest absolute Gasteiger partial charge is 0.355 e. The fourth-order valence-corrected chi connectivity index (χ4v) is 2.05. The highest BCUT2D eigenvalue weighted by molar-refractivity contribution is 5.20. The maximum absolute atomic E-state index is 8.99. The molecule has 1 saturated heterocycles. The molecular formula is C13H15NO. The first kappa shape index (κ1) is 10.2. The molecule has 0 amide bonds. The molecule has 0 spiro atoms. The second-order valence-electron chi connectivity index (χ2n) is 4.74. The molecular weight excluding hydrogens is 186 g/mol. The van der Waals surface area contributed by atoms with Crippen molar-refractivity contribution < 1.29 is 4.74 Å². The first-order valence-corrected chi connectivity index (χ1v) is 5.23. The number of hydrogen-bond acceptors (Lipinski definition) is 2. The lowest BCUT2D eigenvalue weighted by Crippen LogP contribution is -2.21. The van der Waals surface area contributed by atoms with Crippen LogP contribution >= 0.6 is 0 Å². The maximum Gasteiger partial charge on any atom is 0.149 e. The topological polar surface area (TPSA) is 33.0 Å². The second-order valence-corrected chi connectivity index (χ2v) is 4.74. The summed E-state index contributed by atoms with van der Waals surface area (Å²) < 4.78 is 5.75. The minimum Gasteiger partial charge on any atom is -0.355 e. The molecule has 2 rings (SSSR count). The van der Waals surface area contributed by atoms with E-state index in [1.807, 2.05) is 18.2 Å². The molecule has 0 N–H and O–H groups in total. The normalized spacial score (nSPS) is 28.6. The van der Waals surface area contributed by atoms with Crippen LogP contribution in [0.1, 0.15) is 31.9 Å². The third-order valence-electron chi connectivity index (χ3n) is 3.01. The molecule has 78 valence electrons. The number of ether oxygens (including phenoxy) is 1. The number of benzene rings is 1. The van der Waals surface area contributed by atoms with Crippen molar-refractivity contribution in [3.63, 3.8) is 0 Å². The lowest BCUT2D eigenvalue weighted by atomic mass is 9.83. The van der Waals surface area contributed by atoms with Gasteiger partial charge in [0.2, 0.25) is 0 Å². The van der Waals surface area contributed by atoms with Crippen LogP contribution in [-0.2, 0) is 4.74 Å². The van der Waals surface area contributed by atoms with Gasteiger partial charge >= 0.3 is 0 Å². The molecule has 2 atom stereocenters. The van der Waals surface area contributed by atoms with Crippen LogP contribution in [0, 0.1) is 16.7 Å². The zero-order valence-corrected chi connectivity index (χ0v) is 9.10. The Balaban J connectivity index is 2.20. The molecule has 0 bridgehead atoms. The summed E-state index contributed by atoms with van der Waals surface area (Å²) in [5.41, 5.74) is 1.12. The molecule has 0 radical (unpaired) electrons. The van der Waals surface area contributed by atoms with Gasteiger partial charge in [-0.05, 0) is 12.0 Å². The molecule has 1 aliphatic heterocycles. The Hall–Kier alpha value is -1.33. The van der Waals surface area contributed by atoms with Gasteiger partial charge in [-0.3, -0.25) is 0 Å². The minimum absolute atomic E-state index is 0.0464. The Bertz CT molecular complexity index is 377. The zero-order valence-electron chi connectivity index (χ0n) is 9.10. The van der Waals surface area contributed by atoms with Gasteiger partial charge in [0.1, 0.15) is 6.10 Å². The SMILES string of the molecule is CC1(C)C[C@@H](c2ccccc2)O[C@H]1C#N. The standard InChI is InChI=1S/C13H15NO/c1-13(2)8-11(15-12(13)9-14)10-6-4-3-5-7-10/h3-7,11-12H,8H2,1-2H3/t11-,12-/m0/s1. The van der Waals surface area contributed by atoms with Crippen molar-refractivity contribution in [1.29, 1.82) is 5.26 Å². The van der Waals surface area contributed by atoms with Gasteiger partial charge in [0.15, 0.2) is 0 Å². The number of rotatable bonds is 1. The molecule has 2 heteroatoms. The van der Waals surface area contributed by atoms with E-state index >= 15 is 0 Å². The molecule has 1 fully saturated rings. The van der Waals surface area contributed by atoms with Crippen molar-refractivity contribution in [2.75, 3.05) is 0 Å². The second kappa shape index (κ2) is 3.67. The Morgan fingerprint density at radius 3 is 2.53 bits per heavy atom. The lowest BCUT2D eigenvalue weighted by molar-refractivity contribution is 0.0552. The predicted molar refractivity (Wildman–Crippen MR) is 58.1 cm³/mol. The van der Waals surface area contributed by atoms with E-state index in [1.54, 1.807) is 0 Å². The average Bonchev–Trinajstić information content (AvgIpc) is 2.55. The molecule has 0 aliphatic carbocycles. The van der Waals surface area contributed by atoms with Gasteiger partial charge in [-0.2, -0.15) is 5.26 Å². The smallest absolute Gasteiger partial charge is 0.149 e. The van der Waals surface area contributed by atoms with Crippen LogP contribution in [0.25, 0.3) is 0 Å². The first-order chi connectivity index (χ1) is 7.13. The van der Waals surface area contributed by atoms with Crippen molar-refractivity contribution in [1.82, 2.24) is 0 Å². The summed E-state index contributed by atoms with van der Waals surface area (Å²) in [4.78, 5) is 0. The van der Waals surface area contributed by atoms with Crippen LogP contribution in [0.4, 0.5) is 0 Å². The minimum atomic E-state index is -0.289.